The van der Waals surface area contributed by atoms with Gasteiger partial charge in [-0.15, -0.1) is 11.3 Å². The monoisotopic (exact) mass is 462 g/mol. The summed E-state index contributed by atoms with van der Waals surface area (Å²) in [7, 11) is 1.74. The fraction of sp³-hybridized carbons (Fsp3) is 0.240. The number of carbonyl (C=O) groups is 2. The van der Waals surface area contributed by atoms with Gasteiger partial charge in [-0.05, 0) is 41.6 Å². The number of furan rings is 1. The van der Waals surface area contributed by atoms with E-state index in [1.54, 1.807) is 35.4 Å². The number of nitrogens with one attached hydrogen (secondary N) is 1. The van der Waals surface area contributed by atoms with E-state index in [0.717, 1.165) is 21.8 Å². The van der Waals surface area contributed by atoms with Crippen molar-refractivity contribution in [3.05, 3.63) is 83.8 Å². The van der Waals surface area contributed by atoms with Gasteiger partial charge in [0.2, 0.25) is 5.91 Å². The Morgan fingerprint density at radius 3 is 2.55 bits per heavy atom. The Labute approximate surface area is 196 Å². The van der Waals surface area contributed by atoms with E-state index in [-0.39, 0.29) is 17.6 Å². The van der Waals surface area contributed by atoms with Crippen molar-refractivity contribution in [3.63, 3.8) is 0 Å². The summed E-state index contributed by atoms with van der Waals surface area (Å²) >= 11 is 1.61. The molecule has 3 aromatic heterocycles. The van der Waals surface area contributed by atoms with Gasteiger partial charge >= 0.3 is 0 Å². The number of benzene rings is 1. The molecule has 7 nitrogen and oxygen atoms in total. The highest BCUT2D eigenvalue weighted by atomic mass is 32.1. The minimum absolute atomic E-state index is 0.0947. The van der Waals surface area contributed by atoms with Gasteiger partial charge in [-0.3, -0.25) is 9.59 Å². The summed E-state index contributed by atoms with van der Waals surface area (Å²) in [5.74, 6) is -0.492. The topological polar surface area (TPSA) is 80.4 Å². The van der Waals surface area contributed by atoms with E-state index in [4.69, 9.17) is 9.52 Å². The van der Waals surface area contributed by atoms with E-state index in [1.807, 2.05) is 72.6 Å². The number of hydrogen-bond donors (Lipinski definition) is 1. The number of likely N-dealkylation sites (N-methyl/N-ethyl adjacent to an activating group) is 1. The SMILES string of the molecule is CC(C)C(NC(=O)c1ccco1)C(=O)N(C)Cc1cn(-c2ccccc2)nc1-c1cccs1. The van der Waals surface area contributed by atoms with E-state index >= 15 is 0 Å². The predicted octanol–water partition coefficient (Wildman–Crippen LogP) is 4.61. The van der Waals surface area contributed by atoms with E-state index in [0.29, 0.717) is 6.54 Å². The fourth-order valence-corrected chi connectivity index (χ4v) is 4.31. The second-order valence-electron chi connectivity index (χ2n) is 8.13. The average Bonchev–Trinajstić information content (AvgIpc) is 3.59. The second-order valence-corrected chi connectivity index (χ2v) is 9.07. The highest BCUT2D eigenvalue weighted by Crippen LogP contribution is 2.28. The highest BCUT2D eigenvalue weighted by molar-refractivity contribution is 7.13. The molecule has 4 rings (SSSR count). The number of para-hydroxylation sites is 1. The molecule has 3 heterocycles. The summed E-state index contributed by atoms with van der Waals surface area (Å²) in [5.41, 5.74) is 2.72. The summed E-state index contributed by atoms with van der Waals surface area (Å²) in [6, 6.07) is 16.4. The minimum atomic E-state index is -0.679. The number of rotatable bonds is 8. The quantitative estimate of drug-likeness (QED) is 0.415. The van der Waals surface area contributed by atoms with Crippen molar-refractivity contribution in [3.8, 4) is 16.3 Å². The number of carbonyl (C=O) groups excluding carboxylic acids is 2. The zero-order chi connectivity index (χ0) is 23.4. The molecule has 170 valence electrons. The minimum Gasteiger partial charge on any atom is -0.459 e. The van der Waals surface area contributed by atoms with Crippen molar-refractivity contribution in [1.82, 2.24) is 20.0 Å². The second kappa shape index (κ2) is 9.87. The molecule has 8 heteroatoms. The lowest BCUT2D eigenvalue weighted by molar-refractivity contribution is -0.133. The number of nitrogens with zero attached hydrogens (tertiary/aromatic N) is 3. The molecule has 0 saturated carbocycles. The van der Waals surface area contributed by atoms with Crippen LogP contribution in [-0.4, -0.2) is 39.6 Å². The van der Waals surface area contributed by atoms with Gasteiger partial charge in [0.1, 0.15) is 11.7 Å². The molecular weight excluding hydrogens is 436 g/mol. The molecule has 0 aliphatic heterocycles. The Hall–Kier alpha value is -3.65. The largest absolute Gasteiger partial charge is 0.459 e. The first kappa shape index (κ1) is 22.5. The highest BCUT2D eigenvalue weighted by Gasteiger charge is 2.29. The third-order valence-corrected chi connectivity index (χ3v) is 6.19. The normalized spacial score (nSPS) is 12.0. The molecule has 0 spiro atoms. The Kier molecular flexibility index (Phi) is 6.74. The van der Waals surface area contributed by atoms with Crippen LogP contribution in [0.1, 0.15) is 30.0 Å². The van der Waals surface area contributed by atoms with Gasteiger partial charge < -0.3 is 14.6 Å². The molecular formula is C25H26N4O3S. The molecule has 0 fully saturated rings. The lowest BCUT2D eigenvalue weighted by Gasteiger charge is -2.26. The lowest BCUT2D eigenvalue weighted by atomic mass is 10.0. The molecule has 0 aliphatic carbocycles. The predicted molar refractivity (Wildman–Crippen MR) is 128 cm³/mol. The molecule has 0 saturated heterocycles. The number of aromatic nitrogens is 2. The van der Waals surface area contributed by atoms with Crippen LogP contribution < -0.4 is 5.32 Å². The lowest BCUT2D eigenvalue weighted by Crippen LogP contribution is -2.50. The van der Waals surface area contributed by atoms with E-state index in [9.17, 15) is 9.59 Å². The van der Waals surface area contributed by atoms with Crippen LogP contribution in [0.15, 0.2) is 76.9 Å². The van der Waals surface area contributed by atoms with Crippen LogP contribution >= 0.6 is 11.3 Å². The van der Waals surface area contributed by atoms with Gasteiger partial charge in [0.05, 0.1) is 16.8 Å². The van der Waals surface area contributed by atoms with Crippen molar-refractivity contribution in [1.29, 1.82) is 0 Å². The smallest absolute Gasteiger partial charge is 0.287 e. The molecule has 4 aromatic rings. The van der Waals surface area contributed by atoms with Crippen LogP contribution in [0.25, 0.3) is 16.3 Å². The first-order valence-electron chi connectivity index (χ1n) is 10.7. The van der Waals surface area contributed by atoms with Crippen LogP contribution in [0.2, 0.25) is 0 Å². The maximum Gasteiger partial charge on any atom is 0.287 e. The summed E-state index contributed by atoms with van der Waals surface area (Å²) in [4.78, 5) is 28.5. The van der Waals surface area contributed by atoms with E-state index < -0.39 is 11.9 Å². The van der Waals surface area contributed by atoms with Crippen molar-refractivity contribution in [2.24, 2.45) is 5.92 Å². The zero-order valence-corrected chi connectivity index (χ0v) is 19.6. The van der Waals surface area contributed by atoms with Gasteiger partial charge in [0.25, 0.3) is 5.91 Å². The van der Waals surface area contributed by atoms with Gasteiger partial charge in [-0.1, -0.05) is 38.1 Å². The Balaban J connectivity index is 1.57. The number of hydrogen-bond acceptors (Lipinski definition) is 5. The van der Waals surface area contributed by atoms with Crippen LogP contribution in [0.5, 0.6) is 0 Å². The van der Waals surface area contributed by atoms with Crippen LogP contribution in [0, 0.1) is 5.92 Å². The number of thiophene rings is 1. The molecule has 33 heavy (non-hydrogen) atoms. The molecule has 1 atom stereocenters. The summed E-state index contributed by atoms with van der Waals surface area (Å²) in [5, 5.41) is 9.63. The average molecular weight is 463 g/mol. The first-order chi connectivity index (χ1) is 15.9. The third-order valence-electron chi connectivity index (χ3n) is 5.31. The summed E-state index contributed by atoms with van der Waals surface area (Å²) in [6.45, 7) is 4.17. The van der Waals surface area contributed by atoms with Gasteiger partial charge in [0.15, 0.2) is 5.76 Å². The molecule has 1 aromatic carbocycles. The fourth-order valence-electron chi connectivity index (χ4n) is 3.56. The molecule has 2 amide bonds. The van der Waals surface area contributed by atoms with Gasteiger partial charge in [0, 0.05) is 25.4 Å². The molecule has 1 unspecified atom stereocenters. The summed E-state index contributed by atoms with van der Waals surface area (Å²) < 4.78 is 7.00. The standard InChI is InChI=1S/C25H26N4O3S/c1-17(2)22(26-24(30)20-11-7-13-32-20)25(31)28(3)15-18-16-29(19-9-5-4-6-10-19)27-23(18)21-12-8-14-33-21/h4-14,16-17,22H,15H2,1-3H3,(H,26,30). The Bertz CT molecular complexity index is 1200. The van der Waals surface area contributed by atoms with Gasteiger partial charge in [-0.25, -0.2) is 4.68 Å². The molecule has 0 radical (unpaired) electrons. The van der Waals surface area contributed by atoms with Crippen LogP contribution in [0.4, 0.5) is 0 Å². The molecule has 1 N–H and O–H groups in total. The summed E-state index contributed by atoms with van der Waals surface area (Å²) in [6.07, 6.45) is 3.39. The number of amides is 2. The van der Waals surface area contributed by atoms with Crippen molar-refractivity contribution in [2.75, 3.05) is 7.05 Å². The molecule has 0 bridgehead atoms. The Morgan fingerprint density at radius 2 is 1.91 bits per heavy atom. The van der Waals surface area contributed by atoms with Gasteiger partial charge in [-0.2, -0.15) is 5.10 Å². The van der Waals surface area contributed by atoms with Crippen molar-refractivity contribution >= 4 is 23.2 Å². The maximum absolute atomic E-state index is 13.3. The van der Waals surface area contributed by atoms with Crippen molar-refractivity contribution in [2.45, 2.75) is 26.4 Å². The van der Waals surface area contributed by atoms with Crippen molar-refractivity contribution < 1.29 is 14.0 Å². The van der Waals surface area contributed by atoms with E-state index in [2.05, 4.69) is 5.32 Å². The third kappa shape index (κ3) is 5.06. The van der Waals surface area contributed by atoms with Crippen LogP contribution in [0.3, 0.4) is 0 Å². The Morgan fingerprint density at radius 1 is 1.12 bits per heavy atom. The maximum atomic E-state index is 13.3. The van der Waals surface area contributed by atoms with Crippen LogP contribution in [-0.2, 0) is 11.3 Å². The van der Waals surface area contributed by atoms with E-state index in [1.165, 1.54) is 6.26 Å². The first-order valence-corrected chi connectivity index (χ1v) is 11.6. The zero-order valence-electron chi connectivity index (χ0n) is 18.8. The molecule has 0 aliphatic rings.